The number of terminal acetylenes is 1. The van der Waals surface area contributed by atoms with Gasteiger partial charge in [0.2, 0.25) is 0 Å². The summed E-state index contributed by atoms with van der Waals surface area (Å²) < 4.78 is 0. The van der Waals surface area contributed by atoms with Crippen LogP contribution in [0.25, 0.3) is 0 Å². The molecule has 0 bridgehead atoms. The van der Waals surface area contributed by atoms with Crippen molar-refractivity contribution in [3.05, 3.63) is 0 Å². The van der Waals surface area contributed by atoms with Crippen LogP contribution in [0.2, 0.25) is 19.0 Å². The Labute approximate surface area is 97.1 Å². The van der Waals surface area contributed by atoms with Gasteiger partial charge in [0.05, 0.1) is 6.15 Å². The van der Waals surface area contributed by atoms with Crippen molar-refractivity contribution in [2.75, 3.05) is 0 Å². The molecule has 1 heteroatoms. The second-order valence-electron chi connectivity index (χ2n) is 6.53. The van der Waals surface area contributed by atoms with Crippen LogP contribution in [0, 0.1) is 30.0 Å². The van der Waals surface area contributed by atoms with Gasteiger partial charge in [0.1, 0.15) is 0 Å². The fraction of sp³-hybridized carbons (Fsp3) is 0.857. The fourth-order valence-electron chi connectivity index (χ4n) is 3.20. The highest BCUT2D eigenvalue weighted by atomic mass is 14.1. The number of hydrogen-bond donors (Lipinski definition) is 0. The summed E-state index contributed by atoms with van der Waals surface area (Å²) in [5.74, 6) is 5.33. The lowest BCUT2D eigenvalue weighted by Gasteiger charge is -2.39. The van der Waals surface area contributed by atoms with Gasteiger partial charge in [-0.15, -0.1) is 0 Å². The largest absolute Gasteiger partial charge is 0.318 e. The minimum atomic E-state index is -0.569. The molecule has 0 unspecified atom stereocenters. The fourth-order valence-corrected chi connectivity index (χ4v) is 3.20. The molecule has 0 aliphatic heterocycles. The van der Waals surface area contributed by atoms with Gasteiger partial charge in [0, 0.05) is 0 Å². The molecule has 0 aromatic rings. The predicted molar refractivity (Wildman–Crippen MR) is 73.5 cm³/mol. The van der Waals surface area contributed by atoms with Crippen LogP contribution in [0.1, 0.15) is 41.5 Å². The molecule has 0 rings (SSSR count). The van der Waals surface area contributed by atoms with Crippen LogP contribution in [0.15, 0.2) is 0 Å². The topological polar surface area (TPSA) is 0 Å². The maximum atomic E-state index is 5.83. The maximum absolute atomic E-state index is 5.83. The molecule has 0 aliphatic carbocycles. The molecule has 0 spiro atoms. The quantitative estimate of drug-likeness (QED) is 0.442. The first-order valence-corrected chi connectivity index (χ1v) is 6.49. The van der Waals surface area contributed by atoms with Crippen LogP contribution in [0.3, 0.4) is 0 Å². The van der Waals surface area contributed by atoms with Crippen LogP contribution in [-0.2, 0) is 0 Å². The number of rotatable bonds is 6. The standard InChI is InChI=1S/C14H28B/c1-8-15(9-12(2)3,10-13(4)5)11-14(6)7/h1,12-14H,9-11H2,2-7H3/q-1. The van der Waals surface area contributed by atoms with Crippen molar-refractivity contribution in [2.24, 2.45) is 17.8 Å². The molecule has 0 nitrogen and oxygen atoms in total. The molecule has 0 fully saturated rings. The van der Waals surface area contributed by atoms with Gasteiger partial charge >= 0.3 is 0 Å². The summed E-state index contributed by atoms with van der Waals surface area (Å²) in [6.07, 6.45) is 8.95. The molecule has 0 aromatic carbocycles. The van der Waals surface area contributed by atoms with Gasteiger partial charge in [-0.2, -0.15) is 25.4 Å². The second kappa shape index (κ2) is 6.26. The molecule has 15 heavy (non-hydrogen) atoms. The molecule has 0 saturated carbocycles. The first kappa shape index (κ1) is 14.6. The van der Waals surface area contributed by atoms with E-state index in [9.17, 15) is 0 Å². The highest BCUT2D eigenvalue weighted by molar-refractivity contribution is 6.87. The molecule has 0 saturated heterocycles. The van der Waals surface area contributed by atoms with Crippen LogP contribution in [0.5, 0.6) is 0 Å². The van der Waals surface area contributed by atoms with E-state index in [0.29, 0.717) is 0 Å². The molecule has 0 N–H and O–H groups in total. The Bertz CT molecular complexity index is 181. The molecule has 0 aliphatic rings. The lowest BCUT2D eigenvalue weighted by Crippen LogP contribution is -2.37. The third kappa shape index (κ3) is 5.93. The summed E-state index contributed by atoms with van der Waals surface area (Å²) in [6, 6.07) is 0. The van der Waals surface area contributed by atoms with E-state index in [-0.39, 0.29) is 0 Å². The van der Waals surface area contributed by atoms with E-state index in [0.717, 1.165) is 17.8 Å². The first-order valence-electron chi connectivity index (χ1n) is 6.49. The van der Waals surface area contributed by atoms with Crippen molar-refractivity contribution in [1.29, 1.82) is 0 Å². The molecular formula is C14H28B-. The van der Waals surface area contributed by atoms with Gasteiger partial charge in [-0.05, 0) is 0 Å². The lowest BCUT2D eigenvalue weighted by molar-refractivity contribution is 0.650. The lowest BCUT2D eigenvalue weighted by atomic mass is 9.18. The Morgan fingerprint density at radius 1 is 0.800 bits per heavy atom. The molecule has 0 atom stereocenters. The zero-order chi connectivity index (χ0) is 12.1. The smallest absolute Gasteiger partial charge is 0.0713 e. The van der Waals surface area contributed by atoms with Gasteiger partial charge in [-0.1, -0.05) is 59.3 Å². The normalized spacial score (nSPS) is 12.5. The van der Waals surface area contributed by atoms with E-state index in [1.54, 1.807) is 0 Å². The van der Waals surface area contributed by atoms with E-state index in [1.807, 2.05) is 0 Å². The van der Waals surface area contributed by atoms with Crippen molar-refractivity contribution in [3.8, 4) is 12.2 Å². The molecule has 0 heterocycles. The zero-order valence-electron chi connectivity index (χ0n) is 11.5. The summed E-state index contributed by atoms with van der Waals surface area (Å²) in [5, 5.41) is 0. The third-order valence-corrected chi connectivity index (χ3v) is 3.12. The van der Waals surface area contributed by atoms with Gasteiger partial charge in [-0.3, -0.25) is 0 Å². The van der Waals surface area contributed by atoms with Crippen molar-refractivity contribution in [1.82, 2.24) is 0 Å². The Hall–Kier alpha value is -0.375. The second-order valence-corrected chi connectivity index (χ2v) is 6.53. The van der Waals surface area contributed by atoms with E-state index in [4.69, 9.17) is 6.42 Å². The summed E-state index contributed by atoms with van der Waals surface area (Å²) in [5.41, 5.74) is 0. The summed E-state index contributed by atoms with van der Waals surface area (Å²) >= 11 is 0. The summed E-state index contributed by atoms with van der Waals surface area (Å²) in [6.45, 7) is 13.7. The Morgan fingerprint density at radius 2 is 1.07 bits per heavy atom. The Morgan fingerprint density at radius 3 is 1.20 bits per heavy atom. The molecule has 0 radical (unpaired) electrons. The van der Waals surface area contributed by atoms with Crippen LogP contribution in [0.4, 0.5) is 0 Å². The van der Waals surface area contributed by atoms with Crippen LogP contribution in [-0.4, -0.2) is 6.15 Å². The highest BCUT2D eigenvalue weighted by Gasteiger charge is 2.25. The van der Waals surface area contributed by atoms with E-state index >= 15 is 0 Å². The molecule has 0 aromatic heterocycles. The van der Waals surface area contributed by atoms with E-state index < -0.39 is 6.15 Å². The predicted octanol–water partition coefficient (Wildman–Crippen LogP) is 4.58. The first-order chi connectivity index (χ1) is 6.81. The average Bonchev–Trinajstić information content (AvgIpc) is 1.99. The van der Waals surface area contributed by atoms with Gasteiger partial charge < -0.3 is 5.82 Å². The Kier molecular flexibility index (Phi) is 6.10. The average molecular weight is 207 g/mol. The van der Waals surface area contributed by atoms with Gasteiger partial charge in [0.15, 0.2) is 0 Å². The molecular weight excluding hydrogens is 179 g/mol. The zero-order valence-corrected chi connectivity index (χ0v) is 11.5. The summed E-state index contributed by atoms with van der Waals surface area (Å²) in [7, 11) is 0. The van der Waals surface area contributed by atoms with E-state index in [2.05, 4.69) is 47.4 Å². The van der Waals surface area contributed by atoms with Crippen molar-refractivity contribution in [3.63, 3.8) is 0 Å². The Balaban J connectivity index is 4.69. The minimum Gasteiger partial charge on any atom is -0.318 e. The monoisotopic (exact) mass is 207 g/mol. The highest BCUT2D eigenvalue weighted by Crippen LogP contribution is 2.31. The maximum Gasteiger partial charge on any atom is 0.0713 e. The number of hydrogen-bond acceptors (Lipinski definition) is 0. The third-order valence-electron chi connectivity index (χ3n) is 3.12. The van der Waals surface area contributed by atoms with Crippen LogP contribution < -0.4 is 0 Å². The minimum absolute atomic E-state index is 0.569. The van der Waals surface area contributed by atoms with Crippen LogP contribution >= 0.6 is 0 Å². The van der Waals surface area contributed by atoms with Crippen molar-refractivity contribution in [2.45, 2.75) is 60.5 Å². The van der Waals surface area contributed by atoms with Gasteiger partial charge in [-0.25, -0.2) is 0 Å². The SMILES string of the molecule is C#C[B-](CC(C)C)(CC(C)C)CC(C)C. The van der Waals surface area contributed by atoms with Crippen molar-refractivity contribution < 1.29 is 0 Å². The van der Waals surface area contributed by atoms with Gasteiger partial charge in [0.25, 0.3) is 0 Å². The van der Waals surface area contributed by atoms with Crippen molar-refractivity contribution >= 4 is 6.15 Å². The molecule has 0 amide bonds. The van der Waals surface area contributed by atoms with E-state index in [1.165, 1.54) is 19.0 Å². The summed E-state index contributed by atoms with van der Waals surface area (Å²) in [4.78, 5) is 0. The molecule has 88 valence electrons.